The zero-order valence-corrected chi connectivity index (χ0v) is 10.5. The van der Waals surface area contributed by atoms with E-state index >= 15 is 0 Å². The third-order valence-electron chi connectivity index (χ3n) is 3.13. The Kier molecular flexibility index (Phi) is 4.72. The highest BCUT2D eigenvalue weighted by Gasteiger charge is 2.20. The molecule has 0 unspecified atom stereocenters. The molecule has 100 valence electrons. The summed E-state index contributed by atoms with van der Waals surface area (Å²) in [5, 5.41) is 0. The van der Waals surface area contributed by atoms with Gasteiger partial charge < -0.3 is 20.4 Å². The summed E-state index contributed by atoms with van der Waals surface area (Å²) in [6.07, 6.45) is 4.62. The molecule has 1 saturated heterocycles. The lowest BCUT2D eigenvalue weighted by molar-refractivity contribution is 0.0365. The number of piperidine rings is 1. The first-order valence-electron chi connectivity index (χ1n) is 6.41. The number of nitrogens with two attached hydrogens (primary N) is 1. The maximum atomic E-state index is 11.2. The molecule has 2 rings (SSSR count). The number of hydrogen-bond acceptors (Lipinski definition) is 5. The van der Waals surface area contributed by atoms with Gasteiger partial charge in [0.2, 0.25) is 0 Å². The summed E-state index contributed by atoms with van der Waals surface area (Å²) >= 11 is 0. The molecule has 1 aromatic heterocycles. The third-order valence-corrected chi connectivity index (χ3v) is 3.13. The Balaban J connectivity index is 1.81. The maximum Gasteiger partial charge on any atom is 0.252 e. The van der Waals surface area contributed by atoms with Crippen molar-refractivity contribution in [1.29, 1.82) is 0 Å². The Morgan fingerprint density at radius 2 is 2.28 bits per heavy atom. The van der Waals surface area contributed by atoms with E-state index in [-0.39, 0.29) is 5.56 Å². The van der Waals surface area contributed by atoms with Gasteiger partial charge in [-0.15, -0.1) is 0 Å². The van der Waals surface area contributed by atoms with Gasteiger partial charge in [0.05, 0.1) is 12.4 Å². The van der Waals surface area contributed by atoms with E-state index in [4.69, 9.17) is 10.5 Å². The van der Waals surface area contributed by atoms with Gasteiger partial charge in [0.25, 0.3) is 5.56 Å². The normalized spacial score (nSPS) is 17.1. The van der Waals surface area contributed by atoms with Crippen LogP contribution in [-0.4, -0.2) is 42.3 Å². The largest absolute Gasteiger partial charge is 0.378 e. The van der Waals surface area contributed by atoms with Crippen molar-refractivity contribution in [3.05, 3.63) is 22.7 Å². The van der Waals surface area contributed by atoms with Crippen LogP contribution in [0.3, 0.4) is 0 Å². The number of ether oxygens (including phenoxy) is 1. The molecule has 18 heavy (non-hydrogen) atoms. The number of aromatic nitrogens is 2. The number of H-pyrrole nitrogens is 1. The summed E-state index contributed by atoms with van der Waals surface area (Å²) in [6.45, 7) is 3.17. The second kappa shape index (κ2) is 6.51. The second-order valence-electron chi connectivity index (χ2n) is 4.47. The van der Waals surface area contributed by atoms with Crippen LogP contribution in [0.1, 0.15) is 19.3 Å². The number of anilines is 1. The van der Waals surface area contributed by atoms with Crippen LogP contribution < -0.4 is 16.2 Å². The van der Waals surface area contributed by atoms with E-state index in [2.05, 4.69) is 14.9 Å². The first-order valence-corrected chi connectivity index (χ1v) is 6.41. The van der Waals surface area contributed by atoms with Crippen LogP contribution in [0, 0.1) is 0 Å². The van der Waals surface area contributed by atoms with Crippen molar-refractivity contribution in [2.24, 2.45) is 5.73 Å². The molecule has 0 saturated carbocycles. The summed E-state index contributed by atoms with van der Waals surface area (Å²) in [5.74, 6) is 0.749. The summed E-state index contributed by atoms with van der Waals surface area (Å²) in [5.41, 5.74) is 5.32. The summed E-state index contributed by atoms with van der Waals surface area (Å²) in [4.78, 5) is 20.0. The third kappa shape index (κ3) is 3.54. The van der Waals surface area contributed by atoms with Gasteiger partial charge in [0, 0.05) is 25.8 Å². The molecule has 6 nitrogen and oxygen atoms in total. The lowest BCUT2D eigenvalue weighted by atomic mass is 10.1. The number of nitrogens with one attached hydrogen (secondary N) is 1. The minimum Gasteiger partial charge on any atom is -0.378 e. The smallest absolute Gasteiger partial charge is 0.252 e. The van der Waals surface area contributed by atoms with E-state index in [9.17, 15) is 4.79 Å². The van der Waals surface area contributed by atoms with Crippen LogP contribution in [0.25, 0.3) is 0 Å². The molecule has 2 heterocycles. The minimum absolute atomic E-state index is 0.110. The first kappa shape index (κ1) is 13.0. The van der Waals surface area contributed by atoms with Gasteiger partial charge in [0.15, 0.2) is 0 Å². The van der Waals surface area contributed by atoms with Crippen molar-refractivity contribution >= 4 is 5.82 Å². The van der Waals surface area contributed by atoms with Gasteiger partial charge >= 0.3 is 0 Å². The Hall–Kier alpha value is -1.40. The van der Waals surface area contributed by atoms with E-state index in [0.29, 0.717) is 12.6 Å². The van der Waals surface area contributed by atoms with Crippen molar-refractivity contribution in [3.8, 4) is 0 Å². The highest BCUT2D eigenvalue weighted by molar-refractivity contribution is 5.36. The van der Waals surface area contributed by atoms with E-state index < -0.39 is 0 Å². The maximum absolute atomic E-state index is 11.2. The quantitative estimate of drug-likeness (QED) is 0.726. The zero-order valence-electron chi connectivity index (χ0n) is 10.5. The van der Waals surface area contributed by atoms with Gasteiger partial charge in [0.1, 0.15) is 5.82 Å². The monoisotopic (exact) mass is 252 g/mol. The van der Waals surface area contributed by atoms with E-state index in [1.807, 2.05) is 0 Å². The lowest BCUT2D eigenvalue weighted by Crippen LogP contribution is -2.38. The Morgan fingerprint density at radius 3 is 2.94 bits per heavy atom. The highest BCUT2D eigenvalue weighted by Crippen LogP contribution is 2.18. The molecule has 0 atom stereocenters. The zero-order chi connectivity index (χ0) is 12.8. The molecule has 0 spiro atoms. The molecule has 6 heteroatoms. The van der Waals surface area contributed by atoms with Gasteiger partial charge in [-0.3, -0.25) is 4.79 Å². The van der Waals surface area contributed by atoms with E-state index in [1.165, 1.54) is 12.4 Å². The summed E-state index contributed by atoms with van der Waals surface area (Å²) in [6, 6.07) is 1.54. The molecule has 0 aliphatic carbocycles. The number of aromatic amines is 1. The van der Waals surface area contributed by atoms with Gasteiger partial charge in [-0.1, -0.05) is 0 Å². The Morgan fingerprint density at radius 1 is 1.50 bits per heavy atom. The van der Waals surface area contributed by atoms with Crippen molar-refractivity contribution in [2.75, 3.05) is 31.1 Å². The van der Waals surface area contributed by atoms with Crippen LogP contribution >= 0.6 is 0 Å². The number of rotatable bonds is 5. The average Bonchev–Trinajstić information content (AvgIpc) is 2.40. The van der Waals surface area contributed by atoms with Crippen molar-refractivity contribution in [1.82, 2.24) is 9.97 Å². The Labute approximate surface area is 106 Å². The van der Waals surface area contributed by atoms with Crippen LogP contribution in [0.4, 0.5) is 5.82 Å². The minimum atomic E-state index is -0.110. The van der Waals surface area contributed by atoms with Gasteiger partial charge in [-0.05, 0) is 25.8 Å². The lowest BCUT2D eigenvalue weighted by Gasteiger charge is -2.32. The number of hydrogen-bond donors (Lipinski definition) is 2. The predicted octanol–water partition coefficient (Wildman–Crippen LogP) is 0.104. The average molecular weight is 252 g/mol. The standard InChI is InChI=1S/C12H20N4O2/c13-4-1-7-18-10-2-5-16(6-3-10)11-8-12(17)15-9-14-11/h8-10H,1-7,13H2,(H,14,15,17). The van der Waals surface area contributed by atoms with Crippen LogP contribution in [0.2, 0.25) is 0 Å². The molecule has 3 N–H and O–H groups in total. The molecule has 1 aliphatic heterocycles. The molecular weight excluding hydrogens is 232 g/mol. The molecule has 0 amide bonds. The molecular formula is C12H20N4O2. The molecule has 0 aromatic carbocycles. The SMILES string of the molecule is NCCCOC1CCN(c2cc(=O)[nH]cn2)CC1. The van der Waals surface area contributed by atoms with E-state index in [0.717, 1.165) is 44.8 Å². The van der Waals surface area contributed by atoms with Crippen molar-refractivity contribution in [2.45, 2.75) is 25.4 Å². The van der Waals surface area contributed by atoms with Crippen LogP contribution in [-0.2, 0) is 4.74 Å². The van der Waals surface area contributed by atoms with Crippen molar-refractivity contribution in [3.63, 3.8) is 0 Å². The molecule has 0 radical (unpaired) electrons. The fourth-order valence-corrected chi connectivity index (χ4v) is 2.12. The highest BCUT2D eigenvalue weighted by atomic mass is 16.5. The van der Waals surface area contributed by atoms with Crippen LogP contribution in [0.15, 0.2) is 17.2 Å². The molecule has 1 aliphatic rings. The fraction of sp³-hybridized carbons (Fsp3) is 0.667. The number of nitrogens with zero attached hydrogens (tertiary/aromatic N) is 2. The molecule has 1 aromatic rings. The van der Waals surface area contributed by atoms with E-state index in [1.54, 1.807) is 0 Å². The Bertz CT molecular complexity index is 413. The summed E-state index contributed by atoms with van der Waals surface area (Å²) < 4.78 is 5.74. The van der Waals surface area contributed by atoms with Crippen molar-refractivity contribution < 1.29 is 4.74 Å². The second-order valence-corrected chi connectivity index (χ2v) is 4.47. The topological polar surface area (TPSA) is 84.2 Å². The van der Waals surface area contributed by atoms with Crippen LogP contribution in [0.5, 0.6) is 0 Å². The first-order chi connectivity index (χ1) is 8.79. The molecule has 0 bridgehead atoms. The summed E-state index contributed by atoms with van der Waals surface area (Å²) in [7, 11) is 0. The molecule has 1 fully saturated rings. The van der Waals surface area contributed by atoms with Gasteiger partial charge in [-0.25, -0.2) is 4.98 Å². The van der Waals surface area contributed by atoms with Gasteiger partial charge in [-0.2, -0.15) is 0 Å². The fourth-order valence-electron chi connectivity index (χ4n) is 2.12. The predicted molar refractivity (Wildman–Crippen MR) is 69.7 cm³/mol.